The number of amides is 2. The van der Waals surface area contributed by atoms with Crippen LogP contribution in [0.25, 0.3) is 0 Å². The first-order chi connectivity index (χ1) is 10.7. The molecular formula is C16H22FN3O2. The first-order valence-corrected chi connectivity index (χ1v) is 7.77. The number of hydrogen-bond acceptors (Lipinski definition) is 3. The molecule has 6 heteroatoms. The summed E-state index contributed by atoms with van der Waals surface area (Å²) >= 11 is 0. The SMILES string of the molecule is O=C1NCCN1CCNC[C@@]1(c2cccc(F)c2)CCOC1. The van der Waals surface area contributed by atoms with Crippen LogP contribution in [0.15, 0.2) is 24.3 Å². The van der Waals surface area contributed by atoms with Gasteiger partial charge in [0, 0.05) is 44.7 Å². The van der Waals surface area contributed by atoms with Crippen molar-refractivity contribution in [3.8, 4) is 0 Å². The van der Waals surface area contributed by atoms with Crippen molar-refractivity contribution in [2.75, 3.05) is 45.9 Å². The number of rotatable bonds is 6. The van der Waals surface area contributed by atoms with E-state index in [9.17, 15) is 9.18 Å². The third-order valence-electron chi connectivity index (χ3n) is 4.51. The lowest BCUT2D eigenvalue weighted by molar-refractivity contribution is 0.175. The van der Waals surface area contributed by atoms with Gasteiger partial charge in [-0.3, -0.25) is 0 Å². The lowest BCUT2D eigenvalue weighted by Crippen LogP contribution is -2.42. The van der Waals surface area contributed by atoms with Crippen LogP contribution in [0.5, 0.6) is 0 Å². The fourth-order valence-electron chi connectivity index (χ4n) is 3.16. The molecule has 120 valence electrons. The molecule has 2 fully saturated rings. The first-order valence-electron chi connectivity index (χ1n) is 7.77. The van der Waals surface area contributed by atoms with E-state index < -0.39 is 0 Å². The average Bonchev–Trinajstić information content (AvgIpc) is 3.14. The van der Waals surface area contributed by atoms with Gasteiger partial charge in [-0.15, -0.1) is 0 Å². The Morgan fingerprint density at radius 2 is 2.36 bits per heavy atom. The van der Waals surface area contributed by atoms with Crippen molar-refractivity contribution in [3.63, 3.8) is 0 Å². The van der Waals surface area contributed by atoms with Gasteiger partial charge in [-0.05, 0) is 24.1 Å². The minimum atomic E-state index is -0.211. The minimum absolute atomic E-state index is 0.00541. The normalized spacial score (nSPS) is 24.8. The van der Waals surface area contributed by atoms with Crippen molar-refractivity contribution < 1.29 is 13.9 Å². The van der Waals surface area contributed by atoms with Crippen molar-refractivity contribution in [1.29, 1.82) is 0 Å². The predicted molar refractivity (Wildman–Crippen MR) is 81.4 cm³/mol. The van der Waals surface area contributed by atoms with Gasteiger partial charge in [0.15, 0.2) is 0 Å². The van der Waals surface area contributed by atoms with Crippen molar-refractivity contribution in [2.24, 2.45) is 0 Å². The van der Waals surface area contributed by atoms with Crippen molar-refractivity contribution in [2.45, 2.75) is 11.8 Å². The van der Waals surface area contributed by atoms with Crippen LogP contribution in [0, 0.1) is 5.82 Å². The number of nitrogens with one attached hydrogen (secondary N) is 2. The molecule has 2 saturated heterocycles. The molecule has 0 saturated carbocycles. The molecule has 0 unspecified atom stereocenters. The maximum atomic E-state index is 13.5. The molecular weight excluding hydrogens is 285 g/mol. The van der Waals surface area contributed by atoms with Crippen molar-refractivity contribution in [3.05, 3.63) is 35.6 Å². The van der Waals surface area contributed by atoms with Gasteiger partial charge >= 0.3 is 6.03 Å². The second-order valence-electron chi connectivity index (χ2n) is 5.99. The van der Waals surface area contributed by atoms with E-state index in [1.54, 1.807) is 17.0 Å². The van der Waals surface area contributed by atoms with Gasteiger partial charge < -0.3 is 20.3 Å². The Labute approximate surface area is 129 Å². The Balaban J connectivity index is 1.57. The van der Waals surface area contributed by atoms with E-state index in [-0.39, 0.29) is 17.3 Å². The molecule has 1 aromatic rings. The number of halogens is 1. The molecule has 0 aromatic heterocycles. The molecule has 2 amide bonds. The number of carbonyl (C=O) groups excluding carboxylic acids is 1. The Kier molecular flexibility index (Phi) is 4.59. The van der Waals surface area contributed by atoms with E-state index in [0.717, 1.165) is 38.2 Å². The largest absolute Gasteiger partial charge is 0.380 e. The fraction of sp³-hybridized carbons (Fsp3) is 0.562. The molecule has 0 radical (unpaired) electrons. The number of hydrogen-bond donors (Lipinski definition) is 2. The molecule has 1 atom stereocenters. The van der Waals surface area contributed by atoms with E-state index in [1.807, 2.05) is 6.07 Å². The lowest BCUT2D eigenvalue weighted by Gasteiger charge is -2.29. The zero-order valence-electron chi connectivity index (χ0n) is 12.6. The highest BCUT2D eigenvalue weighted by atomic mass is 19.1. The molecule has 2 heterocycles. The molecule has 2 N–H and O–H groups in total. The number of ether oxygens (including phenoxy) is 1. The van der Waals surface area contributed by atoms with Gasteiger partial charge in [-0.2, -0.15) is 0 Å². The maximum Gasteiger partial charge on any atom is 0.317 e. The molecule has 0 bridgehead atoms. The van der Waals surface area contributed by atoms with Gasteiger partial charge in [0.05, 0.1) is 6.61 Å². The van der Waals surface area contributed by atoms with E-state index in [1.165, 1.54) is 6.07 Å². The zero-order valence-corrected chi connectivity index (χ0v) is 12.6. The number of nitrogens with zero attached hydrogens (tertiary/aromatic N) is 1. The van der Waals surface area contributed by atoms with E-state index >= 15 is 0 Å². The van der Waals surface area contributed by atoms with Crippen LogP contribution in [0.4, 0.5) is 9.18 Å². The van der Waals surface area contributed by atoms with Crippen LogP contribution in [0.3, 0.4) is 0 Å². The van der Waals surface area contributed by atoms with E-state index in [0.29, 0.717) is 19.8 Å². The molecule has 2 aliphatic rings. The third-order valence-corrected chi connectivity index (χ3v) is 4.51. The summed E-state index contributed by atoms with van der Waals surface area (Å²) in [7, 11) is 0. The highest BCUT2D eigenvalue weighted by Crippen LogP contribution is 2.32. The third kappa shape index (κ3) is 3.23. The van der Waals surface area contributed by atoms with Crippen molar-refractivity contribution >= 4 is 6.03 Å². The van der Waals surface area contributed by atoms with E-state index in [2.05, 4.69) is 10.6 Å². The average molecular weight is 307 g/mol. The second kappa shape index (κ2) is 6.62. The molecule has 22 heavy (non-hydrogen) atoms. The maximum absolute atomic E-state index is 13.5. The van der Waals surface area contributed by atoms with Crippen LogP contribution >= 0.6 is 0 Å². The summed E-state index contributed by atoms with van der Waals surface area (Å²) in [6, 6.07) is 6.79. The molecule has 5 nitrogen and oxygen atoms in total. The summed E-state index contributed by atoms with van der Waals surface area (Å²) in [4.78, 5) is 13.3. The van der Waals surface area contributed by atoms with Crippen LogP contribution in [0.2, 0.25) is 0 Å². The van der Waals surface area contributed by atoms with Crippen LogP contribution in [-0.2, 0) is 10.2 Å². The van der Waals surface area contributed by atoms with Crippen LogP contribution in [0.1, 0.15) is 12.0 Å². The quantitative estimate of drug-likeness (QED) is 0.774. The second-order valence-corrected chi connectivity index (χ2v) is 5.99. The smallest absolute Gasteiger partial charge is 0.317 e. The van der Waals surface area contributed by atoms with Gasteiger partial charge in [-0.1, -0.05) is 12.1 Å². The minimum Gasteiger partial charge on any atom is -0.380 e. The molecule has 1 aromatic carbocycles. The van der Waals surface area contributed by atoms with E-state index in [4.69, 9.17) is 4.74 Å². The highest BCUT2D eigenvalue weighted by molar-refractivity contribution is 5.76. The number of carbonyl (C=O) groups is 1. The fourth-order valence-corrected chi connectivity index (χ4v) is 3.16. The Morgan fingerprint density at radius 1 is 1.45 bits per heavy atom. The predicted octanol–water partition coefficient (Wildman–Crippen LogP) is 1.10. The van der Waals surface area contributed by atoms with Gasteiger partial charge in [0.1, 0.15) is 5.82 Å². The molecule has 0 spiro atoms. The highest BCUT2D eigenvalue weighted by Gasteiger charge is 2.36. The standard InChI is InChI=1S/C16H22FN3O2/c17-14-3-1-2-13(10-14)16(4-9-22-12-16)11-18-5-7-20-8-6-19-15(20)21/h1-3,10,18H,4-9,11-12H2,(H,19,21)/t16-/m0/s1. The lowest BCUT2D eigenvalue weighted by atomic mass is 9.79. The summed E-state index contributed by atoms with van der Waals surface area (Å²) in [6.45, 7) is 4.93. The number of urea groups is 1. The molecule has 3 rings (SSSR count). The van der Waals surface area contributed by atoms with Crippen LogP contribution < -0.4 is 10.6 Å². The Hall–Kier alpha value is -1.66. The summed E-state index contributed by atoms with van der Waals surface area (Å²) in [6.07, 6.45) is 0.883. The summed E-state index contributed by atoms with van der Waals surface area (Å²) in [5.41, 5.74) is 0.812. The van der Waals surface area contributed by atoms with Gasteiger partial charge in [0.25, 0.3) is 0 Å². The Bertz CT molecular complexity index is 532. The molecule has 0 aliphatic carbocycles. The van der Waals surface area contributed by atoms with Gasteiger partial charge in [-0.25, -0.2) is 9.18 Å². The summed E-state index contributed by atoms with van der Waals surface area (Å²) in [5.74, 6) is -0.211. The Morgan fingerprint density at radius 3 is 3.05 bits per heavy atom. The molecule has 2 aliphatic heterocycles. The summed E-state index contributed by atoms with van der Waals surface area (Å²) < 4.78 is 19.1. The zero-order chi connectivity index (χ0) is 15.4. The monoisotopic (exact) mass is 307 g/mol. The first kappa shape index (κ1) is 15.2. The van der Waals surface area contributed by atoms with Gasteiger partial charge in [0.2, 0.25) is 0 Å². The summed E-state index contributed by atoms with van der Waals surface area (Å²) in [5, 5.41) is 6.20. The van der Waals surface area contributed by atoms with Crippen molar-refractivity contribution in [1.82, 2.24) is 15.5 Å². The number of benzene rings is 1. The van der Waals surface area contributed by atoms with Crippen LogP contribution in [-0.4, -0.2) is 56.9 Å². The topological polar surface area (TPSA) is 53.6 Å².